The Bertz CT molecular complexity index is 2010. The van der Waals surface area contributed by atoms with Crippen molar-refractivity contribution < 1.29 is 97.9 Å². The first-order valence-electron chi connectivity index (χ1n) is 24.4. The predicted octanol–water partition coefficient (Wildman–Crippen LogP) is -2.30. The summed E-state index contributed by atoms with van der Waals surface area (Å²) in [5.41, 5.74) is 1.30. The Morgan fingerprint density at radius 3 is 2.11 bits per heavy atom. The molecule has 1 aliphatic carbocycles. The Kier molecular flexibility index (Phi) is 19.0. The fraction of sp³-hybridized carbons (Fsp3) is 0.729. The van der Waals surface area contributed by atoms with Crippen LogP contribution in [-0.2, 0) is 52.3 Å². The molecule has 1 aromatic rings. The molecule has 3 amide bonds. The van der Waals surface area contributed by atoms with E-state index in [1.54, 1.807) is 11.0 Å². The van der Waals surface area contributed by atoms with Crippen molar-refractivity contribution in [1.82, 2.24) is 15.5 Å². The number of ether oxygens (including phenoxy) is 9. The summed E-state index contributed by atoms with van der Waals surface area (Å²) in [4.78, 5) is 41.1. The molecule has 7 rings (SSSR count). The molecule has 23 heteroatoms. The molecule has 6 aliphatic rings. The number of nitrogens with zero attached hydrogens (tertiary/aromatic N) is 1. The number of rotatable bonds is 19. The van der Waals surface area contributed by atoms with Gasteiger partial charge in [0.1, 0.15) is 90.8 Å². The molecule has 10 N–H and O–H groups in total. The van der Waals surface area contributed by atoms with Crippen molar-refractivity contribution in [3.63, 3.8) is 0 Å². The lowest BCUT2D eigenvalue weighted by Gasteiger charge is -2.49. The molecule has 0 spiro atoms. The van der Waals surface area contributed by atoms with Crippen LogP contribution in [0.3, 0.4) is 0 Å². The quantitative estimate of drug-likeness (QED) is 0.0697. The summed E-state index contributed by atoms with van der Waals surface area (Å²) >= 11 is 0. The molecule has 71 heavy (non-hydrogen) atoms. The molecule has 5 heterocycles. The molecule has 9 unspecified atom stereocenters. The second-order valence-corrected chi connectivity index (χ2v) is 19.1. The third-order valence-corrected chi connectivity index (χ3v) is 13.8. The summed E-state index contributed by atoms with van der Waals surface area (Å²) in [5.74, 6) is -1.11. The van der Waals surface area contributed by atoms with Crippen LogP contribution in [0.4, 0.5) is 0 Å². The zero-order valence-electron chi connectivity index (χ0n) is 40.3. The highest BCUT2D eigenvalue weighted by Gasteiger charge is 2.53. The lowest BCUT2D eigenvalue weighted by Crippen LogP contribution is -2.68. The van der Waals surface area contributed by atoms with E-state index in [0.717, 1.165) is 12.0 Å². The number of nitrogens with one attached hydrogen (secondary N) is 2. The van der Waals surface area contributed by atoms with Gasteiger partial charge in [0, 0.05) is 38.1 Å². The van der Waals surface area contributed by atoms with Gasteiger partial charge in [-0.15, -0.1) is 0 Å². The van der Waals surface area contributed by atoms with E-state index in [1.165, 1.54) is 20.8 Å². The normalized spacial score (nSPS) is 38.8. The monoisotopic (exact) mass is 1010 g/mol. The maximum Gasteiger partial charge on any atom is 0.251 e. The summed E-state index contributed by atoms with van der Waals surface area (Å²) in [5, 5.41) is 93.1. The van der Waals surface area contributed by atoms with Crippen LogP contribution in [0.25, 0.3) is 6.08 Å². The van der Waals surface area contributed by atoms with Gasteiger partial charge in [0.05, 0.1) is 44.7 Å². The van der Waals surface area contributed by atoms with Crippen molar-refractivity contribution in [1.29, 1.82) is 0 Å². The van der Waals surface area contributed by atoms with E-state index in [-0.39, 0.29) is 38.4 Å². The van der Waals surface area contributed by atoms with E-state index >= 15 is 0 Å². The van der Waals surface area contributed by atoms with Gasteiger partial charge in [0.25, 0.3) is 5.91 Å². The van der Waals surface area contributed by atoms with Crippen molar-refractivity contribution >= 4 is 23.8 Å². The summed E-state index contributed by atoms with van der Waals surface area (Å²) in [6, 6.07) is 4.96. The summed E-state index contributed by atoms with van der Waals surface area (Å²) in [6.07, 6.45) is -20.6. The minimum absolute atomic E-state index is 0.0206. The second kappa shape index (κ2) is 24.5. The number of benzene rings is 1. The van der Waals surface area contributed by atoms with Crippen molar-refractivity contribution in [2.24, 2.45) is 5.92 Å². The molecule has 4 saturated heterocycles. The van der Waals surface area contributed by atoms with Crippen LogP contribution < -0.4 is 15.4 Å². The highest BCUT2D eigenvalue weighted by molar-refractivity contribution is 5.81. The highest BCUT2D eigenvalue weighted by atomic mass is 16.7. The summed E-state index contributed by atoms with van der Waals surface area (Å²) in [6.45, 7) is 9.06. The Morgan fingerprint density at radius 2 is 1.46 bits per heavy atom. The van der Waals surface area contributed by atoms with Gasteiger partial charge in [0.2, 0.25) is 11.8 Å². The maximum absolute atomic E-state index is 13.6. The number of aliphatic hydroxyl groups is 8. The van der Waals surface area contributed by atoms with Crippen molar-refractivity contribution in [3.8, 4) is 5.75 Å². The number of amides is 3. The van der Waals surface area contributed by atoms with E-state index in [2.05, 4.69) is 17.2 Å². The lowest BCUT2D eigenvalue weighted by atomic mass is 9.81. The van der Waals surface area contributed by atoms with Gasteiger partial charge < -0.3 is 99.0 Å². The molecule has 398 valence electrons. The van der Waals surface area contributed by atoms with Crippen molar-refractivity contribution in [3.05, 3.63) is 47.7 Å². The van der Waals surface area contributed by atoms with Crippen LogP contribution in [0.5, 0.6) is 5.75 Å². The fourth-order valence-corrected chi connectivity index (χ4v) is 9.88. The molecule has 0 bridgehead atoms. The van der Waals surface area contributed by atoms with Gasteiger partial charge in [-0.3, -0.25) is 14.4 Å². The molecule has 1 saturated carbocycles. The molecular formula is C48H71N3O20. The van der Waals surface area contributed by atoms with Crippen LogP contribution in [0.2, 0.25) is 0 Å². The number of fused-ring (bicyclic) bond motifs is 1. The summed E-state index contributed by atoms with van der Waals surface area (Å²) < 4.78 is 55.5. The third kappa shape index (κ3) is 12.8. The Morgan fingerprint density at radius 1 is 0.789 bits per heavy atom. The van der Waals surface area contributed by atoms with Gasteiger partial charge >= 0.3 is 0 Å². The minimum Gasteiger partial charge on any atom is -0.457 e. The number of carbonyl (C=O) groups excluding carboxylic acids is 3. The molecule has 5 aliphatic heterocycles. The van der Waals surface area contributed by atoms with Gasteiger partial charge in [-0.1, -0.05) is 38.1 Å². The smallest absolute Gasteiger partial charge is 0.251 e. The first-order valence-corrected chi connectivity index (χ1v) is 24.4. The lowest BCUT2D eigenvalue weighted by molar-refractivity contribution is -0.337. The van der Waals surface area contributed by atoms with Crippen LogP contribution in [0, 0.1) is 5.92 Å². The first kappa shape index (κ1) is 55.0. The Labute approximate surface area is 411 Å². The Balaban J connectivity index is 1.15. The fourth-order valence-electron chi connectivity index (χ4n) is 9.88. The van der Waals surface area contributed by atoms with E-state index < -0.39 is 147 Å². The number of aliphatic hydroxyl groups excluding tert-OH is 8. The maximum atomic E-state index is 13.6. The molecule has 5 fully saturated rings. The third-order valence-electron chi connectivity index (χ3n) is 13.8. The highest BCUT2D eigenvalue weighted by Crippen LogP contribution is 2.38. The molecular weight excluding hydrogens is 939 g/mol. The van der Waals surface area contributed by atoms with Gasteiger partial charge in [-0.2, -0.15) is 0 Å². The SMILES string of the molecule is C=C1Oc2ccccc2C=C1COC1C(O)[C@@H](OCC2C[C@@H](NC(C)=O)C(O[C@@H]3OC(C)[C@@H](O)[C@H](O)C3O)[C@H](O[C@@H]3OC(CO)[C@H](O)C(O[C@@H](CCC)C(=O)N4CCC4)C3NC(C)=O)C2)O[C@H](CO)[C@H]1O. The van der Waals surface area contributed by atoms with Crippen LogP contribution in [0.15, 0.2) is 42.2 Å². The zero-order valence-corrected chi connectivity index (χ0v) is 40.3. The molecule has 0 aromatic heterocycles. The van der Waals surface area contributed by atoms with Gasteiger partial charge in [0.15, 0.2) is 18.9 Å². The molecule has 1 aromatic carbocycles. The van der Waals surface area contributed by atoms with Crippen molar-refractivity contribution in [2.45, 2.75) is 176 Å². The number of hydrogen-bond acceptors (Lipinski definition) is 20. The molecule has 20 atom stereocenters. The average molecular weight is 1010 g/mol. The number of para-hydroxylation sites is 1. The largest absolute Gasteiger partial charge is 0.457 e. The average Bonchev–Trinajstić information content (AvgIpc) is 3.31. The van der Waals surface area contributed by atoms with E-state index in [4.69, 9.17) is 42.6 Å². The first-order chi connectivity index (χ1) is 33.9. The van der Waals surface area contributed by atoms with Crippen LogP contribution in [-0.4, -0.2) is 219 Å². The van der Waals surface area contributed by atoms with Crippen LogP contribution in [0.1, 0.15) is 65.4 Å². The number of carbonyl (C=O) groups is 3. The van der Waals surface area contributed by atoms with E-state index in [1.807, 2.05) is 31.2 Å². The topological polar surface area (TPSA) is 323 Å². The summed E-state index contributed by atoms with van der Waals surface area (Å²) in [7, 11) is 0. The minimum atomic E-state index is -1.78. The number of likely N-dealkylation sites (tertiary alicyclic amines) is 1. The van der Waals surface area contributed by atoms with Crippen molar-refractivity contribution in [2.75, 3.05) is 39.5 Å². The van der Waals surface area contributed by atoms with Crippen LogP contribution >= 0.6 is 0 Å². The predicted molar refractivity (Wildman–Crippen MR) is 244 cm³/mol. The van der Waals surface area contributed by atoms with E-state index in [0.29, 0.717) is 36.6 Å². The molecule has 23 nitrogen and oxygen atoms in total. The Hall–Kier alpha value is -3.73. The van der Waals surface area contributed by atoms with Gasteiger partial charge in [-0.25, -0.2) is 0 Å². The van der Waals surface area contributed by atoms with E-state index in [9.17, 15) is 55.2 Å². The zero-order chi connectivity index (χ0) is 51.3. The standard InChI is InChI=1S/C48H71N3O20/c1-6-10-31(45(62)51-13-9-14-51)67-43-35(50-25(5)55)46(69-33(18-52)37(43)57)68-32-16-26(15-29(49-24(4)54)42(32)71-48-40(60)39(59)36(56)23(3)66-48)20-64-47-41(61)44(38(58)34(19-53)70-47)63-21-28-17-27-11-7-8-12-30(27)65-22(28)2/h7-8,11-12,17,23,26,29,31-44,46-48,52-53,56-61H,2,6,9-10,13-16,18-21H2,1,3-5H3,(H,49,54)(H,50,55)/t23?,26?,29-,31+,32-,33?,34-,35?,36-,37+,38-,39+,40?,41?,42?,43?,44?,46-,47+,48+/m1/s1. The van der Waals surface area contributed by atoms with Gasteiger partial charge in [-0.05, 0) is 50.7 Å². The second-order valence-electron chi connectivity index (χ2n) is 19.1. The molecule has 0 radical (unpaired) electrons. The number of hydrogen-bond donors (Lipinski definition) is 10.